The van der Waals surface area contributed by atoms with Crippen LogP contribution in [0.4, 0.5) is 0 Å². The number of hydrogen-bond donors (Lipinski definition) is 2. The first-order valence-corrected chi connectivity index (χ1v) is 6.30. The highest BCUT2D eigenvalue weighted by Crippen LogP contribution is 2.11. The number of hydrogen-bond acceptors (Lipinski definition) is 3. The van der Waals surface area contributed by atoms with Crippen LogP contribution in [0.1, 0.15) is 25.8 Å². The average molecular weight is 264 g/mol. The van der Waals surface area contributed by atoms with Gasteiger partial charge >= 0.3 is 5.97 Å². The molecule has 5 nitrogen and oxygen atoms in total. The van der Waals surface area contributed by atoms with Gasteiger partial charge in [-0.25, -0.2) is 4.79 Å². The van der Waals surface area contributed by atoms with E-state index in [4.69, 9.17) is 10.8 Å². The maximum Gasteiger partial charge on any atom is 0.326 e. The molecule has 0 saturated carbocycles. The van der Waals surface area contributed by atoms with Gasteiger partial charge in [-0.1, -0.05) is 37.3 Å². The molecule has 0 saturated heterocycles. The number of carbonyl (C=O) groups is 2. The van der Waals surface area contributed by atoms with Crippen LogP contribution in [0, 0.1) is 0 Å². The highest BCUT2D eigenvalue weighted by Gasteiger charge is 2.28. The maximum atomic E-state index is 12.2. The lowest BCUT2D eigenvalue weighted by molar-refractivity contribution is -0.150. The minimum Gasteiger partial charge on any atom is -0.480 e. The molecule has 5 heteroatoms. The Labute approximate surface area is 113 Å². The summed E-state index contributed by atoms with van der Waals surface area (Å²) in [6.45, 7) is 3.54. The molecule has 19 heavy (non-hydrogen) atoms. The molecule has 0 bridgehead atoms. The topological polar surface area (TPSA) is 83.6 Å². The van der Waals surface area contributed by atoms with Gasteiger partial charge < -0.3 is 15.7 Å². The van der Waals surface area contributed by atoms with E-state index >= 15 is 0 Å². The molecule has 0 aliphatic carbocycles. The van der Waals surface area contributed by atoms with E-state index in [1.165, 1.54) is 11.8 Å². The van der Waals surface area contributed by atoms with Gasteiger partial charge in [0.25, 0.3) is 0 Å². The summed E-state index contributed by atoms with van der Waals surface area (Å²) in [5.74, 6) is -1.37. The molecule has 1 aromatic rings. The molecule has 0 aliphatic heterocycles. The van der Waals surface area contributed by atoms with E-state index in [2.05, 4.69) is 0 Å². The van der Waals surface area contributed by atoms with Crippen molar-refractivity contribution in [3.8, 4) is 0 Å². The van der Waals surface area contributed by atoms with Crippen molar-refractivity contribution in [2.45, 2.75) is 38.9 Å². The third-order valence-corrected chi connectivity index (χ3v) is 3.06. The van der Waals surface area contributed by atoms with E-state index in [1.807, 2.05) is 30.3 Å². The molecule has 0 radical (unpaired) electrons. The number of carbonyl (C=O) groups excluding carboxylic acids is 1. The Morgan fingerprint density at radius 2 is 1.89 bits per heavy atom. The van der Waals surface area contributed by atoms with Gasteiger partial charge in [0.1, 0.15) is 6.04 Å². The minimum absolute atomic E-state index is 0.251. The van der Waals surface area contributed by atoms with Crippen molar-refractivity contribution in [2.75, 3.05) is 0 Å². The second kappa shape index (κ2) is 6.89. The molecule has 1 rings (SSSR count). The molecular weight excluding hydrogens is 244 g/mol. The van der Waals surface area contributed by atoms with Gasteiger partial charge in [-0.3, -0.25) is 4.79 Å². The van der Waals surface area contributed by atoms with Crippen LogP contribution in [0.15, 0.2) is 30.3 Å². The van der Waals surface area contributed by atoms with Gasteiger partial charge in [-0.2, -0.15) is 0 Å². The highest BCUT2D eigenvalue weighted by atomic mass is 16.4. The number of carboxylic acids is 1. The maximum absolute atomic E-state index is 12.2. The van der Waals surface area contributed by atoms with Crippen LogP contribution >= 0.6 is 0 Å². The number of rotatable bonds is 6. The molecule has 0 heterocycles. The van der Waals surface area contributed by atoms with Crippen molar-refractivity contribution in [1.82, 2.24) is 4.90 Å². The zero-order valence-corrected chi connectivity index (χ0v) is 11.2. The zero-order chi connectivity index (χ0) is 14.4. The SMILES string of the molecule is CCC(N)C(=O)N(Cc1ccccc1)C(C)C(=O)O. The molecule has 1 aromatic carbocycles. The zero-order valence-electron chi connectivity index (χ0n) is 11.2. The predicted octanol–water partition coefficient (Wildman–Crippen LogP) is 1.23. The summed E-state index contributed by atoms with van der Waals surface area (Å²) in [5.41, 5.74) is 6.61. The van der Waals surface area contributed by atoms with Crippen molar-refractivity contribution in [2.24, 2.45) is 5.73 Å². The molecule has 104 valence electrons. The van der Waals surface area contributed by atoms with Crippen LogP contribution in [0.3, 0.4) is 0 Å². The first-order chi connectivity index (χ1) is 8.97. The van der Waals surface area contributed by atoms with E-state index in [9.17, 15) is 9.59 Å². The Kier molecular flexibility index (Phi) is 5.51. The summed E-state index contributed by atoms with van der Waals surface area (Å²) in [5, 5.41) is 9.10. The summed E-state index contributed by atoms with van der Waals surface area (Å²) in [6, 6.07) is 7.72. The molecule has 2 atom stereocenters. The van der Waals surface area contributed by atoms with Crippen molar-refractivity contribution >= 4 is 11.9 Å². The fraction of sp³-hybridized carbons (Fsp3) is 0.429. The van der Waals surface area contributed by atoms with Gasteiger partial charge in [-0.05, 0) is 18.9 Å². The van der Waals surface area contributed by atoms with Crippen LogP contribution < -0.4 is 5.73 Å². The summed E-state index contributed by atoms with van der Waals surface area (Å²) in [6.07, 6.45) is 0.483. The molecule has 0 spiro atoms. The third kappa shape index (κ3) is 4.06. The Balaban J connectivity index is 2.93. The fourth-order valence-electron chi connectivity index (χ4n) is 1.71. The summed E-state index contributed by atoms with van der Waals surface area (Å²) >= 11 is 0. The normalized spacial score (nSPS) is 13.6. The molecule has 3 N–H and O–H groups in total. The van der Waals surface area contributed by atoms with Crippen molar-refractivity contribution in [3.63, 3.8) is 0 Å². The van der Waals surface area contributed by atoms with Crippen molar-refractivity contribution in [1.29, 1.82) is 0 Å². The van der Waals surface area contributed by atoms with Crippen LogP contribution in [0.5, 0.6) is 0 Å². The fourth-order valence-corrected chi connectivity index (χ4v) is 1.71. The highest BCUT2D eigenvalue weighted by molar-refractivity contribution is 5.86. The molecule has 0 aromatic heterocycles. The largest absolute Gasteiger partial charge is 0.480 e. The number of aliphatic carboxylic acids is 1. The first-order valence-electron chi connectivity index (χ1n) is 6.30. The average Bonchev–Trinajstić information content (AvgIpc) is 2.43. The monoisotopic (exact) mass is 264 g/mol. The van der Waals surface area contributed by atoms with E-state index in [-0.39, 0.29) is 12.5 Å². The van der Waals surface area contributed by atoms with Gasteiger partial charge in [0.05, 0.1) is 6.04 Å². The van der Waals surface area contributed by atoms with Crippen molar-refractivity contribution < 1.29 is 14.7 Å². The molecule has 2 unspecified atom stereocenters. The van der Waals surface area contributed by atoms with Gasteiger partial charge in [0.2, 0.25) is 5.91 Å². The lowest BCUT2D eigenvalue weighted by Crippen LogP contribution is -2.49. The van der Waals surface area contributed by atoms with E-state index in [0.717, 1.165) is 5.56 Å². The molecule has 1 amide bonds. The number of nitrogens with two attached hydrogens (primary N) is 1. The first kappa shape index (κ1) is 15.2. The van der Waals surface area contributed by atoms with Crippen molar-refractivity contribution in [3.05, 3.63) is 35.9 Å². The Bertz CT molecular complexity index is 434. The number of benzene rings is 1. The quantitative estimate of drug-likeness (QED) is 0.809. The van der Waals surface area contributed by atoms with Gasteiger partial charge in [0.15, 0.2) is 0 Å². The minimum atomic E-state index is -1.03. The lowest BCUT2D eigenvalue weighted by Gasteiger charge is -2.28. The Hall–Kier alpha value is -1.88. The number of carboxylic acid groups (broad SMARTS) is 1. The Morgan fingerprint density at radius 3 is 2.37 bits per heavy atom. The van der Waals surface area contributed by atoms with Crippen LogP contribution in [-0.2, 0) is 16.1 Å². The lowest BCUT2D eigenvalue weighted by atomic mass is 10.1. The molecular formula is C14H20N2O3. The predicted molar refractivity (Wildman–Crippen MR) is 72.4 cm³/mol. The van der Waals surface area contributed by atoms with Gasteiger partial charge in [0, 0.05) is 6.54 Å². The summed E-state index contributed by atoms with van der Waals surface area (Å²) in [7, 11) is 0. The van der Waals surface area contributed by atoms with Gasteiger partial charge in [-0.15, -0.1) is 0 Å². The second-order valence-corrected chi connectivity index (χ2v) is 4.48. The summed E-state index contributed by atoms with van der Waals surface area (Å²) < 4.78 is 0. The smallest absolute Gasteiger partial charge is 0.326 e. The van der Waals surface area contributed by atoms with Crippen LogP contribution in [-0.4, -0.2) is 34.0 Å². The molecule has 0 fully saturated rings. The van der Waals surface area contributed by atoms with E-state index in [1.54, 1.807) is 6.92 Å². The standard InChI is InChI=1S/C14H20N2O3/c1-3-12(15)13(17)16(10(2)14(18)19)9-11-7-5-4-6-8-11/h4-8,10,12H,3,9,15H2,1-2H3,(H,18,19). The van der Waals surface area contributed by atoms with E-state index in [0.29, 0.717) is 6.42 Å². The van der Waals surface area contributed by atoms with Crippen LogP contribution in [0.25, 0.3) is 0 Å². The summed E-state index contributed by atoms with van der Waals surface area (Å²) in [4.78, 5) is 24.6. The molecule has 0 aliphatic rings. The second-order valence-electron chi connectivity index (χ2n) is 4.48. The van der Waals surface area contributed by atoms with E-state index < -0.39 is 18.1 Å². The number of nitrogens with zero attached hydrogens (tertiary/aromatic N) is 1. The van der Waals surface area contributed by atoms with Crippen LogP contribution in [0.2, 0.25) is 0 Å². The number of amides is 1. The Morgan fingerprint density at radius 1 is 1.32 bits per heavy atom. The third-order valence-electron chi connectivity index (χ3n) is 3.06.